The lowest BCUT2D eigenvalue weighted by molar-refractivity contribution is 0.626. The van der Waals surface area contributed by atoms with Crippen molar-refractivity contribution < 1.29 is 4.39 Å². The summed E-state index contributed by atoms with van der Waals surface area (Å²) in [5.41, 5.74) is 3.87. The Bertz CT molecular complexity index is 1060. The van der Waals surface area contributed by atoms with Crippen LogP contribution in [0.5, 0.6) is 0 Å². The summed E-state index contributed by atoms with van der Waals surface area (Å²) in [7, 11) is 0. The van der Waals surface area contributed by atoms with Gasteiger partial charge in [0.25, 0.3) is 0 Å². The zero-order valence-corrected chi connectivity index (χ0v) is 16.8. The normalized spacial score (nSPS) is 10.9. The Morgan fingerprint density at radius 3 is 2.52 bits per heavy atom. The highest BCUT2D eigenvalue weighted by atomic mass is 79.9. The average molecular weight is 439 g/mol. The monoisotopic (exact) mass is 438 g/mol. The van der Waals surface area contributed by atoms with Gasteiger partial charge in [-0.3, -0.25) is 4.57 Å². The molecule has 0 spiro atoms. The van der Waals surface area contributed by atoms with Crippen molar-refractivity contribution in [3.8, 4) is 16.9 Å². The number of nitrogens with zero attached hydrogens (tertiary/aromatic N) is 2. The SMILES string of the molecule is Fc1cccc(-n2cc(-c3ccccc3)nc2SCc2cccc(Br)c2)c1. The molecule has 4 aromatic rings. The van der Waals surface area contributed by atoms with Crippen molar-refractivity contribution in [3.63, 3.8) is 0 Å². The van der Waals surface area contributed by atoms with Gasteiger partial charge >= 0.3 is 0 Å². The minimum atomic E-state index is -0.259. The summed E-state index contributed by atoms with van der Waals surface area (Å²) in [4.78, 5) is 4.82. The maximum Gasteiger partial charge on any atom is 0.173 e. The molecule has 2 nitrogen and oxygen atoms in total. The van der Waals surface area contributed by atoms with Crippen LogP contribution in [0, 0.1) is 5.82 Å². The van der Waals surface area contributed by atoms with E-state index in [0.29, 0.717) is 0 Å². The number of halogens is 2. The van der Waals surface area contributed by atoms with Crippen LogP contribution in [0.25, 0.3) is 16.9 Å². The van der Waals surface area contributed by atoms with Crippen LogP contribution in [0.15, 0.2) is 94.7 Å². The largest absolute Gasteiger partial charge is 0.294 e. The molecule has 0 N–H and O–H groups in total. The van der Waals surface area contributed by atoms with Gasteiger partial charge in [-0.15, -0.1) is 0 Å². The predicted molar refractivity (Wildman–Crippen MR) is 113 cm³/mol. The number of benzene rings is 3. The minimum Gasteiger partial charge on any atom is -0.294 e. The Morgan fingerprint density at radius 2 is 1.74 bits per heavy atom. The molecule has 27 heavy (non-hydrogen) atoms. The van der Waals surface area contributed by atoms with E-state index in [4.69, 9.17) is 4.98 Å². The van der Waals surface area contributed by atoms with Gasteiger partial charge in [-0.1, -0.05) is 76.2 Å². The Labute approximate surface area is 170 Å². The molecule has 0 radical (unpaired) electrons. The first-order valence-electron chi connectivity index (χ1n) is 8.47. The number of imidazole rings is 1. The van der Waals surface area contributed by atoms with E-state index in [0.717, 1.165) is 32.3 Å². The smallest absolute Gasteiger partial charge is 0.173 e. The Balaban J connectivity index is 1.71. The Kier molecular flexibility index (Phi) is 5.41. The van der Waals surface area contributed by atoms with Crippen LogP contribution < -0.4 is 0 Å². The molecule has 0 fully saturated rings. The summed E-state index contributed by atoms with van der Waals surface area (Å²) in [6, 6.07) is 24.8. The van der Waals surface area contributed by atoms with E-state index in [1.54, 1.807) is 17.8 Å². The highest BCUT2D eigenvalue weighted by Gasteiger charge is 2.12. The number of thioether (sulfide) groups is 1. The van der Waals surface area contributed by atoms with Gasteiger partial charge < -0.3 is 0 Å². The first-order valence-corrected chi connectivity index (χ1v) is 10.2. The lowest BCUT2D eigenvalue weighted by Gasteiger charge is -2.07. The fourth-order valence-electron chi connectivity index (χ4n) is 2.80. The zero-order valence-electron chi connectivity index (χ0n) is 14.3. The summed E-state index contributed by atoms with van der Waals surface area (Å²) in [6.07, 6.45) is 1.97. The van der Waals surface area contributed by atoms with Crippen LogP contribution in [0.1, 0.15) is 5.56 Å². The van der Waals surface area contributed by atoms with Crippen LogP contribution in [-0.4, -0.2) is 9.55 Å². The van der Waals surface area contributed by atoms with Gasteiger partial charge in [0.05, 0.1) is 11.4 Å². The molecule has 5 heteroatoms. The van der Waals surface area contributed by atoms with Gasteiger partial charge in [0, 0.05) is 22.0 Å². The van der Waals surface area contributed by atoms with Crippen molar-refractivity contribution in [2.24, 2.45) is 0 Å². The second-order valence-corrected chi connectivity index (χ2v) is 7.90. The highest BCUT2D eigenvalue weighted by molar-refractivity contribution is 9.10. The molecule has 0 aliphatic carbocycles. The quantitative estimate of drug-likeness (QED) is 0.321. The molecule has 0 amide bonds. The van der Waals surface area contributed by atoms with E-state index in [9.17, 15) is 4.39 Å². The number of hydrogen-bond acceptors (Lipinski definition) is 2. The van der Waals surface area contributed by atoms with Crippen molar-refractivity contribution in [1.29, 1.82) is 0 Å². The third-order valence-corrected chi connectivity index (χ3v) is 5.60. The molecular weight excluding hydrogens is 423 g/mol. The fourth-order valence-corrected chi connectivity index (χ4v) is 4.18. The molecule has 0 aliphatic rings. The molecule has 3 aromatic carbocycles. The summed E-state index contributed by atoms with van der Waals surface area (Å²) in [6.45, 7) is 0. The molecule has 0 atom stereocenters. The van der Waals surface area contributed by atoms with Gasteiger partial charge in [-0.05, 0) is 35.9 Å². The van der Waals surface area contributed by atoms with E-state index in [-0.39, 0.29) is 5.82 Å². The fraction of sp³-hybridized carbons (Fsp3) is 0.0455. The van der Waals surface area contributed by atoms with Crippen LogP contribution in [0.2, 0.25) is 0 Å². The first kappa shape index (κ1) is 18.0. The Hall–Kier alpha value is -2.37. The molecule has 134 valence electrons. The lowest BCUT2D eigenvalue weighted by Crippen LogP contribution is -1.96. The maximum absolute atomic E-state index is 13.8. The van der Waals surface area contributed by atoms with Gasteiger partial charge in [0.2, 0.25) is 0 Å². The molecule has 4 rings (SSSR count). The summed E-state index contributed by atoms with van der Waals surface area (Å²) >= 11 is 5.14. The van der Waals surface area contributed by atoms with Crippen molar-refractivity contribution in [3.05, 3.63) is 101 Å². The summed E-state index contributed by atoms with van der Waals surface area (Å²) in [5.74, 6) is 0.519. The zero-order chi connectivity index (χ0) is 18.6. The second-order valence-electron chi connectivity index (χ2n) is 6.04. The third-order valence-electron chi connectivity index (χ3n) is 4.09. The van der Waals surface area contributed by atoms with Gasteiger partial charge in [0.1, 0.15) is 5.82 Å². The van der Waals surface area contributed by atoms with Crippen molar-refractivity contribution in [2.75, 3.05) is 0 Å². The molecule has 0 aliphatic heterocycles. The third kappa shape index (κ3) is 4.31. The number of aromatic nitrogens is 2. The minimum absolute atomic E-state index is 0.259. The molecule has 1 heterocycles. The van der Waals surface area contributed by atoms with E-state index in [2.05, 4.69) is 28.1 Å². The topological polar surface area (TPSA) is 17.8 Å². The molecule has 0 bridgehead atoms. The maximum atomic E-state index is 13.8. The molecule has 0 saturated carbocycles. The van der Waals surface area contributed by atoms with E-state index in [1.807, 2.05) is 59.3 Å². The molecular formula is C22H16BrFN2S. The summed E-state index contributed by atoms with van der Waals surface area (Å²) < 4.78 is 16.8. The van der Waals surface area contributed by atoms with Crippen LogP contribution in [-0.2, 0) is 5.75 Å². The number of hydrogen-bond donors (Lipinski definition) is 0. The standard InChI is InChI=1S/C22H16BrFN2S/c23-18-9-4-6-16(12-18)15-27-22-25-21(17-7-2-1-3-8-17)14-26(22)20-11-5-10-19(24)13-20/h1-14H,15H2. The average Bonchev–Trinajstić information content (AvgIpc) is 3.11. The molecule has 0 unspecified atom stereocenters. The van der Waals surface area contributed by atoms with Gasteiger partial charge in [-0.25, -0.2) is 9.37 Å². The lowest BCUT2D eigenvalue weighted by atomic mass is 10.2. The highest BCUT2D eigenvalue weighted by Crippen LogP contribution is 2.30. The van der Waals surface area contributed by atoms with E-state index >= 15 is 0 Å². The van der Waals surface area contributed by atoms with Crippen molar-refractivity contribution in [2.45, 2.75) is 10.9 Å². The van der Waals surface area contributed by atoms with Gasteiger partial charge in [-0.2, -0.15) is 0 Å². The first-order chi connectivity index (χ1) is 13.2. The van der Waals surface area contributed by atoms with Crippen LogP contribution >= 0.6 is 27.7 Å². The van der Waals surface area contributed by atoms with E-state index < -0.39 is 0 Å². The predicted octanol–water partition coefficient (Wildman–Crippen LogP) is 6.73. The van der Waals surface area contributed by atoms with Crippen LogP contribution in [0.4, 0.5) is 4.39 Å². The molecule has 0 saturated heterocycles. The van der Waals surface area contributed by atoms with Crippen molar-refractivity contribution in [1.82, 2.24) is 9.55 Å². The van der Waals surface area contributed by atoms with Crippen LogP contribution in [0.3, 0.4) is 0 Å². The van der Waals surface area contributed by atoms with Crippen molar-refractivity contribution >= 4 is 27.7 Å². The van der Waals surface area contributed by atoms with E-state index in [1.165, 1.54) is 17.7 Å². The molecule has 1 aromatic heterocycles. The number of rotatable bonds is 5. The van der Waals surface area contributed by atoms with Gasteiger partial charge in [0.15, 0.2) is 5.16 Å². The second kappa shape index (κ2) is 8.11. The summed E-state index contributed by atoms with van der Waals surface area (Å²) in [5, 5.41) is 0.833. The Morgan fingerprint density at radius 1 is 0.926 bits per heavy atom.